The quantitative estimate of drug-likeness (QED) is 0.771. The van der Waals surface area contributed by atoms with Crippen molar-refractivity contribution in [2.75, 3.05) is 5.73 Å². The van der Waals surface area contributed by atoms with Crippen molar-refractivity contribution in [3.63, 3.8) is 0 Å². The number of aromatic carboxylic acids is 1. The van der Waals surface area contributed by atoms with Crippen LogP contribution in [0.3, 0.4) is 0 Å². The van der Waals surface area contributed by atoms with E-state index >= 15 is 0 Å². The first-order valence-electron chi connectivity index (χ1n) is 5.78. The van der Waals surface area contributed by atoms with Crippen LogP contribution >= 0.6 is 22.7 Å². The molecule has 3 rings (SSSR count). The predicted molar refractivity (Wildman–Crippen MR) is 82.2 cm³/mol. The SMILES string of the molecule is Nc1nc(-c2ccc(-c3ccc(C(=O)O)cc3)s2)cs1. The number of hydrogen-bond donors (Lipinski definition) is 2. The van der Waals surface area contributed by atoms with Crippen LogP contribution in [0.5, 0.6) is 0 Å². The molecule has 0 saturated carbocycles. The maximum absolute atomic E-state index is 10.8. The van der Waals surface area contributed by atoms with E-state index < -0.39 is 5.97 Å². The summed E-state index contributed by atoms with van der Waals surface area (Å²) in [5.74, 6) is -0.915. The van der Waals surface area contributed by atoms with E-state index in [4.69, 9.17) is 10.8 Å². The van der Waals surface area contributed by atoms with E-state index in [2.05, 4.69) is 4.98 Å². The number of carbonyl (C=O) groups is 1. The minimum absolute atomic E-state index is 0.290. The fourth-order valence-electron chi connectivity index (χ4n) is 1.81. The van der Waals surface area contributed by atoms with Crippen molar-refractivity contribution >= 4 is 33.8 Å². The monoisotopic (exact) mass is 302 g/mol. The van der Waals surface area contributed by atoms with E-state index in [1.807, 2.05) is 29.6 Å². The van der Waals surface area contributed by atoms with Gasteiger partial charge in [-0.05, 0) is 29.8 Å². The fourth-order valence-corrected chi connectivity index (χ4v) is 3.42. The average Bonchev–Trinajstić information content (AvgIpc) is 3.07. The Morgan fingerprint density at radius 2 is 1.80 bits per heavy atom. The Morgan fingerprint density at radius 1 is 1.10 bits per heavy atom. The van der Waals surface area contributed by atoms with Crippen LogP contribution in [0.4, 0.5) is 5.13 Å². The first-order chi connectivity index (χ1) is 9.63. The lowest BCUT2D eigenvalue weighted by Gasteiger charge is -1.98. The number of hydrogen-bond acceptors (Lipinski definition) is 5. The van der Waals surface area contributed by atoms with E-state index in [0.29, 0.717) is 5.13 Å². The largest absolute Gasteiger partial charge is 0.478 e. The second-order valence-corrected chi connectivity index (χ2v) is 6.09. The van der Waals surface area contributed by atoms with E-state index in [0.717, 1.165) is 21.0 Å². The molecule has 3 aromatic rings. The van der Waals surface area contributed by atoms with Crippen LogP contribution < -0.4 is 5.73 Å². The molecule has 0 fully saturated rings. The smallest absolute Gasteiger partial charge is 0.335 e. The second-order valence-electron chi connectivity index (χ2n) is 4.12. The Morgan fingerprint density at radius 3 is 2.40 bits per heavy atom. The molecule has 2 heterocycles. The molecule has 0 atom stereocenters. The normalized spacial score (nSPS) is 10.6. The summed E-state index contributed by atoms with van der Waals surface area (Å²) in [5, 5.41) is 11.4. The zero-order valence-electron chi connectivity index (χ0n) is 10.2. The molecule has 0 aliphatic heterocycles. The van der Waals surface area contributed by atoms with E-state index in [-0.39, 0.29) is 5.56 Å². The molecule has 0 aliphatic carbocycles. The van der Waals surface area contributed by atoms with E-state index in [1.165, 1.54) is 11.3 Å². The van der Waals surface area contributed by atoms with Gasteiger partial charge in [0.1, 0.15) is 0 Å². The Hall–Kier alpha value is -2.18. The molecule has 0 spiro atoms. The molecule has 0 aliphatic rings. The number of benzene rings is 1. The lowest BCUT2D eigenvalue weighted by atomic mass is 10.1. The Balaban J connectivity index is 1.91. The molecule has 0 saturated heterocycles. The number of aromatic nitrogens is 1. The number of anilines is 1. The van der Waals surface area contributed by atoms with Crippen molar-refractivity contribution in [3.8, 4) is 21.0 Å². The van der Waals surface area contributed by atoms with Crippen molar-refractivity contribution in [1.29, 1.82) is 0 Å². The second kappa shape index (κ2) is 5.07. The molecule has 0 amide bonds. The van der Waals surface area contributed by atoms with Crippen LogP contribution in [0.1, 0.15) is 10.4 Å². The minimum Gasteiger partial charge on any atom is -0.478 e. The molecule has 1 aromatic carbocycles. The summed E-state index contributed by atoms with van der Waals surface area (Å²) in [6.45, 7) is 0. The van der Waals surface area contributed by atoms with Crippen LogP contribution in [0.25, 0.3) is 21.0 Å². The standard InChI is InChI=1S/C14H10N2O2S2/c15-14-16-10(7-19-14)12-6-5-11(20-12)8-1-3-9(4-2-8)13(17)18/h1-7H,(H2,15,16)(H,17,18). The van der Waals surface area contributed by atoms with Crippen molar-refractivity contribution in [1.82, 2.24) is 4.98 Å². The van der Waals surface area contributed by atoms with Gasteiger partial charge >= 0.3 is 5.97 Å². The molecular formula is C14H10N2O2S2. The predicted octanol–water partition coefficient (Wildman–Crippen LogP) is 3.82. The van der Waals surface area contributed by atoms with Crippen LogP contribution in [0.15, 0.2) is 41.8 Å². The maximum atomic E-state index is 10.8. The zero-order chi connectivity index (χ0) is 14.1. The van der Waals surface area contributed by atoms with Gasteiger partial charge in [0.15, 0.2) is 5.13 Å². The van der Waals surface area contributed by atoms with Crippen molar-refractivity contribution in [2.45, 2.75) is 0 Å². The topological polar surface area (TPSA) is 76.2 Å². The van der Waals surface area contributed by atoms with Gasteiger partial charge in [-0.1, -0.05) is 12.1 Å². The highest BCUT2D eigenvalue weighted by Gasteiger charge is 2.08. The summed E-state index contributed by atoms with van der Waals surface area (Å²) in [6, 6.07) is 10.9. The van der Waals surface area contributed by atoms with Crippen LogP contribution in [-0.4, -0.2) is 16.1 Å². The molecule has 2 aromatic heterocycles. The average molecular weight is 302 g/mol. The molecule has 0 radical (unpaired) electrons. The summed E-state index contributed by atoms with van der Waals surface area (Å²) < 4.78 is 0. The number of nitrogens with two attached hydrogens (primary N) is 1. The molecule has 100 valence electrons. The Bertz CT molecular complexity index is 760. The summed E-state index contributed by atoms with van der Waals surface area (Å²) >= 11 is 3.03. The number of rotatable bonds is 3. The van der Waals surface area contributed by atoms with Crippen molar-refractivity contribution in [2.24, 2.45) is 0 Å². The van der Waals surface area contributed by atoms with Gasteiger partial charge in [-0.2, -0.15) is 0 Å². The first-order valence-corrected chi connectivity index (χ1v) is 7.48. The first kappa shape index (κ1) is 12.8. The van der Waals surface area contributed by atoms with Gasteiger partial charge < -0.3 is 10.8 Å². The van der Waals surface area contributed by atoms with Crippen molar-refractivity contribution in [3.05, 3.63) is 47.3 Å². The number of nitrogen functional groups attached to an aromatic ring is 1. The lowest BCUT2D eigenvalue weighted by Crippen LogP contribution is -1.94. The highest BCUT2D eigenvalue weighted by molar-refractivity contribution is 7.19. The van der Waals surface area contributed by atoms with E-state index in [9.17, 15) is 4.79 Å². The molecular weight excluding hydrogens is 292 g/mol. The molecule has 20 heavy (non-hydrogen) atoms. The molecule has 3 N–H and O–H groups in total. The molecule has 4 nitrogen and oxygen atoms in total. The Labute approximate surface area is 123 Å². The van der Waals surface area contributed by atoms with Crippen LogP contribution in [0.2, 0.25) is 0 Å². The van der Waals surface area contributed by atoms with Crippen LogP contribution in [0, 0.1) is 0 Å². The summed E-state index contributed by atoms with van der Waals surface area (Å²) in [5.41, 5.74) is 7.80. The third-order valence-corrected chi connectivity index (χ3v) is 4.63. The van der Waals surface area contributed by atoms with E-state index in [1.54, 1.807) is 23.5 Å². The molecule has 6 heteroatoms. The highest BCUT2D eigenvalue weighted by atomic mass is 32.1. The van der Waals surface area contributed by atoms with Gasteiger partial charge in [-0.25, -0.2) is 9.78 Å². The minimum atomic E-state index is -0.915. The lowest BCUT2D eigenvalue weighted by molar-refractivity contribution is 0.0697. The van der Waals surface area contributed by atoms with Gasteiger partial charge in [0, 0.05) is 10.3 Å². The van der Waals surface area contributed by atoms with Gasteiger partial charge in [-0.15, -0.1) is 22.7 Å². The van der Waals surface area contributed by atoms with Crippen LogP contribution in [-0.2, 0) is 0 Å². The number of carboxylic acid groups (broad SMARTS) is 1. The third-order valence-electron chi connectivity index (χ3n) is 2.80. The number of thiazole rings is 1. The molecule has 0 unspecified atom stereocenters. The van der Waals surface area contributed by atoms with Gasteiger partial charge in [0.2, 0.25) is 0 Å². The number of thiophene rings is 1. The summed E-state index contributed by atoms with van der Waals surface area (Å²) in [6.07, 6.45) is 0. The van der Waals surface area contributed by atoms with Gasteiger partial charge in [0.25, 0.3) is 0 Å². The number of carboxylic acids is 1. The highest BCUT2D eigenvalue weighted by Crippen LogP contribution is 2.35. The Kier molecular flexibility index (Phi) is 3.25. The van der Waals surface area contributed by atoms with Gasteiger partial charge in [-0.3, -0.25) is 0 Å². The summed E-state index contributed by atoms with van der Waals surface area (Å²) in [4.78, 5) is 17.2. The third kappa shape index (κ3) is 2.43. The molecule has 0 bridgehead atoms. The zero-order valence-corrected chi connectivity index (χ0v) is 11.9. The number of nitrogens with zero attached hydrogens (tertiary/aromatic N) is 1. The van der Waals surface area contributed by atoms with Crippen molar-refractivity contribution < 1.29 is 9.90 Å². The van der Waals surface area contributed by atoms with Gasteiger partial charge in [0.05, 0.1) is 16.1 Å². The fraction of sp³-hybridized carbons (Fsp3) is 0. The maximum Gasteiger partial charge on any atom is 0.335 e. The summed E-state index contributed by atoms with van der Waals surface area (Å²) in [7, 11) is 0.